The fourth-order valence-electron chi connectivity index (χ4n) is 4.64. The van der Waals surface area contributed by atoms with Crippen LogP contribution in [-0.4, -0.2) is 36.5 Å². The minimum Gasteiger partial charge on any atom is -0.351 e. The third-order valence-electron chi connectivity index (χ3n) is 6.08. The Bertz CT molecular complexity index is 745. The fraction of sp³-hybridized carbons (Fsp3) is 0.632. The molecule has 1 amide bonds. The molecule has 3 aliphatic rings. The second-order valence-electron chi connectivity index (χ2n) is 7.71. The lowest BCUT2D eigenvalue weighted by Crippen LogP contribution is -2.63. The summed E-state index contributed by atoms with van der Waals surface area (Å²) < 4.78 is 27.0. The van der Waals surface area contributed by atoms with Crippen LogP contribution < -0.4 is 5.32 Å². The second-order valence-corrected chi connectivity index (χ2v) is 9.71. The summed E-state index contributed by atoms with van der Waals surface area (Å²) >= 11 is 0. The van der Waals surface area contributed by atoms with E-state index in [0.717, 1.165) is 44.1 Å². The van der Waals surface area contributed by atoms with E-state index in [1.807, 2.05) is 30.3 Å². The Morgan fingerprint density at radius 3 is 2.60 bits per heavy atom. The highest BCUT2D eigenvalue weighted by Gasteiger charge is 2.58. The number of nitrogens with zero attached hydrogens (tertiary/aromatic N) is 1. The van der Waals surface area contributed by atoms with E-state index < -0.39 is 15.4 Å². The van der Waals surface area contributed by atoms with Gasteiger partial charge in [0.05, 0.1) is 11.2 Å². The van der Waals surface area contributed by atoms with Gasteiger partial charge in [0, 0.05) is 18.6 Å². The van der Waals surface area contributed by atoms with Crippen LogP contribution in [0.4, 0.5) is 0 Å². The van der Waals surface area contributed by atoms with Crippen molar-refractivity contribution < 1.29 is 13.2 Å². The summed E-state index contributed by atoms with van der Waals surface area (Å²) in [5, 5.41) is 3.11. The number of hydrogen-bond acceptors (Lipinski definition) is 3. The van der Waals surface area contributed by atoms with Crippen LogP contribution in [-0.2, 0) is 21.4 Å². The van der Waals surface area contributed by atoms with Crippen molar-refractivity contribution in [2.75, 3.05) is 5.75 Å². The first-order valence-electron chi connectivity index (χ1n) is 9.36. The first-order chi connectivity index (χ1) is 12.0. The molecule has 3 fully saturated rings. The Hall–Kier alpha value is -1.40. The summed E-state index contributed by atoms with van der Waals surface area (Å²) in [6.45, 7) is 0.504. The summed E-state index contributed by atoms with van der Waals surface area (Å²) in [5.74, 6) is 0.153. The van der Waals surface area contributed by atoms with Crippen LogP contribution in [0.5, 0.6) is 0 Å². The maximum Gasteiger partial charge on any atom is 0.228 e. The Kier molecular flexibility index (Phi) is 4.36. The number of carbonyl (C=O) groups is 1. The number of sulfonamides is 1. The molecular weight excluding hydrogens is 336 g/mol. The molecule has 0 radical (unpaired) electrons. The number of benzene rings is 1. The molecule has 1 aromatic carbocycles. The fourth-order valence-corrected chi connectivity index (χ4v) is 6.83. The standard InChI is InChI=1S/C19H26N2O3S/c22-18(20-14-15-6-2-1-3-7-15)19-11-5-4-8-17(19)21(16-9-10-16)25(23,24)13-12-19/h1-3,6-7,16-17H,4-5,8-14H2,(H,20,22)/t17-,19-/m1/s1. The van der Waals surface area contributed by atoms with Crippen LogP contribution >= 0.6 is 0 Å². The maximum atomic E-state index is 13.2. The summed E-state index contributed by atoms with van der Waals surface area (Å²) in [7, 11) is -3.22. The van der Waals surface area contributed by atoms with Crippen LogP contribution in [0.2, 0.25) is 0 Å². The normalized spacial score (nSPS) is 31.9. The first-order valence-corrected chi connectivity index (χ1v) is 11.0. The van der Waals surface area contributed by atoms with Crippen LogP contribution in [0.25, 0.3) is 0 Å². The van der Waals surface area contributed by atoms with Gasteiger partial charge in [-0.25, -0.2) is 8.42 Å². The molecule has 2 atom stereocenters. The molecule has 1 aromatic rings. The second kappa shape index (κ2) is 6.40. The van der Waals surface area contributed by atoms with Gasteiger partial charge in [0.2, 0.25) is 15.9 Å². The molecule has 0 unspecified atom stereocenters. The SMILES string of the molecule is O=C(NCc1ccccc1)[C@@]12CCCC[C@H]1N(C1CC1)S(=O)(=O)CC2. The van der Waals surface area contributed by atoms with Gasteiger partial charge >= 0.3 is 0 Å². The number of rotatable bonds is 4. The topological polar surface area (TPSA) is 66.5 Å². The van der Waals surface area contributed by atoms with Crippen molar-refractivity contribution in [1.29, 1.82) is 0 Å². The monoisotopic (exact) mass is 362 g/mol. The van der Waals surface area contributed by atoms with Crippen molar-refractivity contribution in [2.24, 2.45) is 5.41 Å². The molecule has 2 saturated carbocycles. The van der Waals surface area contributed by atoms with Gasteiger partial charge in [0.1, 0.15) is 0 Å². The minimum absolute atomic E-state index is 0.0432. The van der Waals surface area contributed by atoms with Crippen molar-refractivity contribution in [3.8, 4) is 0 Å². The predicted molar refractivity (Wildman–Crippen MR) is 96.2 cm³/mol. The molecule has 0 bridgehead atoms. The molecule has 4 rings (SSSR count). The van der Waals surface area contributed by atoms with Crippen molar-refractivity contribution in [2.45, 2.75) is 63.6 Å². The van der Waals surface area contributed by atoms with Gasteiger partial charge in [-0.1, -0.05) is 43.2 Å². The zero-order valence-electron chi connectivity index (χ0n) is 14.5. The third-order valence-corrected chi connectivity index (χ3v) is 7.99. The average molecular weight is 362 g/mol. The van der Waals surface area contributed by atoms with Gasteiger partial charge in [-0.2, -0.15) is 4.31 Å². The first kappa shape index (κ1) is 17.0. The van der Waals surface area contributed by atoms with Crippen molar-refractivity contribution in [1.82, 2.24) is 9.62 Å². The van der Waals surface area contributed by atoms with Crippen molar-refractivity contribution in [3.63, 3.8) is 0 Å². The summed E-state index contributed by atoms with van der Waals surface area (Å²) in [4.78, 5) is 13.2. The predicted octanol–water partition coefficient (Wildman–Crippen LogP) is 2.43. The van der Waals surface area contributed by atoms with E-state index in [4.69, 9.17) is 0 Å². The van der Waals surface area contributed by atoms with E-state index >= 15 is 0 Å². The molecular formula is C19H26N2O3S. The Balaban J connectivity index is 1.57. The number of hydrogen-bond donors (Lipinski definition) is 1. The Morgan fingerprint density at radius 2 is 1.88 bits per heavy atom. The molecule has 2 aliphatic carbocycles. The van der Waals surface area contributed by atoms with Crippen LogP contribution in [0.1, 0.15) is 50.5 Å². The molecule has 1 N–H and O–H groups in total. The molecule has 25 heavy (non-hydrogen) atoms. The average Bonchev–Trinajstić information content (AvgIpc) is 3.44. The summed E-state index contributed by atoms with van der Waals surface area (Å²) in [5.41, 5.74) is 0.531. The zero-order chi connectivity index (χ0) is 17.5. The lowest BCUT2D eigenvalue weighted by atomic mass is 9.67. The molecule has 1 heterocycles. The molecule has 6 heteroatoms. The van der Waals surface area contributed by atoms with E-state index in [0.29, 0.717) is 13.0 Å². The van der Waals surface area contributed by atoms with Crippen molar-refractivity contribution >= 4 is 15.9 Å². The lowest BCUT2D eigenvalue weighted by Gasteiger charge is -2.51. The smallest absolute Gasteiger partial charge is 0.228 e. The van der Waals surface area contributed by atoms with E-state index in [9.17, 15) is 13.2 Å². The van der Waals surface area contributed by atoms with Gasteiger partial charge in [-0.3, -0.25) is 4.79 Å². The molecule has 5 nitrogen and oxygen atoms in total. The van der Waals surface area contributed by atoms with Crippen LogP contribution in [0, 0.1) is 5.41 Å². The van der Waals surface area contributed by atoms with E-state index in [1.165, 1.54) is 0 Å². The van der Waals surface area contributed by atoms with Crippen LogP contribution in [0.3, 0.4) is 0 Å². The minimum atomic E-state index is -3.22. The summed E-state index contributed by atoms with van der Waals surface area (Å²) in [6, 6.07) is 9.87. The maximum absolute atomic E-state index is 13.2. The van der Waals surface area contributed by atoms with Gasteiger partial charge in [-0.05, 0) is 37.7 Å². The molecule has 0 spiro atoms. The zero-order valence-corrected chi connectivity index (χ0v) is 15.3. The molecule has 1 aliphatic heterocycles. The highest BCUT2D eigenvalue weighted by molar-refractivity contribution is 7.89. The van der Waals surface area contributed by atoms with Gasteiger partial charge in [0.25, 0.3) is 0 Å². The summed E-state index contributed by atoms with van der Waals surface area (Å²) in [6.07, 6.45) is 5.98. The van der Waals surface area contributed by atoms with Crippen LogP contribution in [0.15, 0.2) is 30.3 Å². The third kappa shape index (κ3) is 3.10. The van der Waals surface area contributed by atoms with E-state index in [1.54, 1.807) is 4.31 Å². The largest absolute Gasteiger partial charge is 0.351 e. The lowest BCUT2D eigenvalue weighted by molar-refractivity contribution is -0.137. The van der Waals surface area contributed by atoms with Gasteiger partial charge in [0.15, 0.2) is 0 Å². The molecule has 0 aromatic heterocycles. The van der Waals surface area contributed by atoms with E-state index in [2.05, 4.69) is 5.32 Å². The van der Waals surface area contributed by atoms with Gasteiger partial charge in [-0.15, -0.1) is 0 Å². The highest BCUT2D eigenvalue weighted by atomic mass is 32.2. The molecule has 136 valence electrons. The van der Waals surface area contributed by atoms with Gasteiger partial charge < -0.3 is 5.32 Å². The Morgan fingerprint density at radius 1 is 1.12 bits per heavy atom. The quantitative estimate of drug-likeness (QED) is 0.895. The molecule has 1 saturated heterocycles. The number of fused-ring (bicyclic) bond motifs is 1. The number of carbonyl (C=O) groups excluding carboxylic acids is 1. The highest BCUT2D eigenvalue weighted by Crippen LogP contribution is 2.50. The Labute approximate surface area is 149 Å². The van der Waals surface area contributed by atoms with E-state index in [-0.39, 0.29) is 23.7 Å². The number of amides is 1. The number of nitrogens with one attached hydrogen (secondary N) is 1. The van der Waals surface area contributed by atoms with Crippen molar-refractivity contribution in [3.05, 3.63) is 35.9 Å².